The fourth-order valence-electron chi connectivity index (χ4n) is 2.48. The SMILES string of the molecule is C[C@@H]1c2ccsc2CCN1C(=O)c1cncc(Br)c1. The number of carbonyl (C=O) groups excluding carboxylic acids is 1. The fraction of sp³-hybridized carbons (Fsp3) is 0.286. The molecule has 3 rings (SSSR count). The van der Waals surface area contributed by atoms with E-state index in [-0.39, 0.29) is 11.9 Å². The van der Waals surface area contributed by atoms with Crippen molar-refractivity contribution in [2.24, 2.45) is 0 Å². The molecular formula is C14H13BrN2OS. The lowest BCUT2D eigenvalue weighted by Gasteiger charge is -2.33. The molecule has 98 valence electrons. The molecule has 1 aliphatic rings. The van der Waals surface area contributed by atoms with E-state index >= 15 is 0 Å². The van der Waals surface area contributed by atoms with E-state index in [2.05, 4.69) is 39.3 Å². The van der Waals surface area contributed by atoms with Gasteiger partial charge in [0.15, 0.2) is 0 Å². The summed E-state index contributed by atoms with van der Waals surface area (Å²) in [6.45, 7) is 2.87. The van der Waals surface area contributed by atoms with Gasteiger partial charge < -0.3 is 4.90 Å². The molecule has 0 fully saturated rings. The van der Waals surface area contributed by atoms with E-state index in [1.165, 1.54) is 10.4 Å². The maximum Gasteiger partial charge on any atom is 0.255 e. The minimum Gasteiger partial charge on any atom is -0.331 e. The molecule has 0 radical (unpaired) electrons. The molecule has 0 saturated heterocycles. The van der Waals surface area contributed by atoms with Gasteiger partial charge >= 0.3 is 0 Å². The number of halogens is 1. The smallest absolute Gasteiger partial charge is 0.255 e. The second-order valence-corrected chi connectivity index (χ2v) is 6.53. The van der Waals surface area contributed by atoms with Crippen LogP contribution >= 0.6 is 27.3 Å². The predicted molar refractivity (Wildman–Crippen MR) is 79.4 cm³/mol. The molecule has 1 amide bonds. The van der Waals surface area contributed by atoms with E-state index in [1.807, 2.05) is 11.0 Å². The molecule has 3 heterocycles. The van der Waals surface area contributed by atoms with Crippen LogP contribution < -0.4 is 0 Å². The summed E-state index contributed by atoms with van der Waals surface area (Å²) in [6.07, 6.45) is 4.26. The number of nitrogens with zero attached hydrogens (tertiary/aromatic N) is 2. The van der Waals surface area contributed by atoms with Gasteiger partial charge in [0.1, 0.15) is 0 Å². The van der Waals surface area contributed by atoms with Gasteiger partial charge in [0.05, 0.1) is 11.6 Å². The van der Waals surface area contributed by atoms with Crippen LogP contribution in [0.15, 0.2) is 34.4 Å². The molecule has 1 aliphatic heterocycles. The zero-order chi connectivity index (χ0) is 13.4. The van der Waals surface area contributed by atoms with E-state index < -0.39 is 0 Å². The molecular weight excluding hydrogens is 324 g/mol. The Balaban J connectivity index is 1.90. The van der Waals surface area contributed by atoms with E-state index in [0.29, 0.717) is 5.56 Å². The van der Waals surface area contributed by atoms with Gasteiger partial charge in [0.25, 0.3) is 5.91 Å². The summed E-state index contributed by atoms with van der Waals surface area (Å²) in [5.41, 5.74) is 1.92. The Morgan fingerprint density at radius 1 is 1.53 bits per heavy atom. The minimum atomic E-state index is 0.0538. The van der Waals surface area contributed by atoms with Gasteiger partial charge in [0, 0.05) is 28.3 Å². The van der Waals surface area contributed by atoms with Crippen LogP contribution in [-0.2, 0) is 6.42 Å². The first-order valence-electron chi connectivity index (χ1n) is 6.14. The van der Waals surface area contributed by atoms with Crippen molar-refractivity contribution in [2.75, 3.05) is 6.54 Å². The molecule has 0 bridgehead atoms. The fourth-order valence-corrected chi connectivity index (χ4v) is 3.81. The zero-order valence-electron chi connectivity index (χ0n) is 10.5. The Morgan fingerprint density at radius 3 is 3.16 bits per heavy atom. The molecule has 5 heteroatoms. The third-order valence-corrected chi connectivity index (χ3v) is 4.92. The first-order valence-corrected chi connectivity index (χ1v) is 7.82. The van der Waals surface area contributed by atoms with Crippen molar-refractivity contribution in [1.29, 1.82) is 0 Å². The molecule has 19 heavy (non-hydrogen) atoms. The Morgan fingerprint density at radius 2 is 2.37 bits per heavy atom. The number of carbonyl (C=O) groups is 1. The van der Waals surface area contributed by atoms with E-state index in [9.17, 15) is 4.79 Å². The van der Waals surface area contributed by atoms with Crippen LogP contribution in [0.3, 0.4) is 0 Å². The van der Waals surface area contributed by atoms with Crippen LogP contribution in [0.5, 0.6) is 0 Å². The number of aromatic nitrogens is 1. The molecule has 1 atom stereocenters. The normalized spacial score (nSPS) is 18.2. The lowest BCUT2D eigenvalue weighted by molar-refractivity contribution is 0.0679. The van der Waals surface area contributed by atoms with Gasteiger partial charge in [-0.2, -0.15) is 0 Å². The van der Waals surface area contributed by atoms with Crippen LogP contribution in [-0.4, -0.2) is 22.3 Å². The Labute approximate surface area is 124 Å². The van der Waals surface area contributed by atoms with Crippen LogP contribution in [0.2, 0.25) is 0 Å². The molecule has 0 saturated carbocycles. The average molecular weight is 337 g/mol. The van der Waals surface area contributed by atoms with Crippen molar-refractivity contribution in [2.45, 2.75) is 19.4 Å². The van der Waals surface area contributed by atoms with Crippen molar-refractivity contribution in [3.05, 3.63) is 50.4 Å². The van der Waals surface area contributed by atoms with Gasteiger partial charge in [0.2, 0.25) is 0 Å². The molecule has 0 aromatic carbocycles. The molecule has 2 aromatic rings. The van der Waals surface area contributed by atoms with Crippen LogP contribution in [0.4, 0.5) is 0 Å². The van der Waals surface area contributed by atoms with Crippen molar-refractivity contribution >= 4 is 33.2 Å². The van der Waals surface area contributed by atoms with Crippen LogP contribution in [0, 0.1) is 0 Å². The summed E-state index contributed by atoms with van der Waals surface area (Å²) in [5, 5.41) is 2.11. The Kier molecular flexibility index (Phi) is 3.41. The Bertz CT molecular complexity index is 625. The number of rotatable bonds is 1. The Hall–Kier alpha value is -1.20. The quantitative estimate of drug-likeness (QED) is 0.796. The van der Waals surface area contributed by atoms with E-state index in [1.54, 1.807) is 23.7 Å². The molecule has 0 aliphatic carbocycles. The molecule has 0 spiro atoms. The highest BCUT2D eigenvalue weighted by molar-refractivity contribution is 9.10. The number of pyridine rings is 1. The van der Waals surface area contributed by atoms with Gasteiger partial charge in [-0.1, -0.05) is 0 Å². The first kappa shape index (κ1) is 12.8. The highest BCUT2D eigenvalue weighted by Crippen LogP contribution is 2.33. The minimum absolute atomic E-state index is 0.0538. The van der Waals surface area contributed by atoms with Gasteiger partial charge in [-0.15, -0.1) is 11.3 Å². The highest BCUT2D eigenvalue weighted by atomic mass is 79.9. The van der Waals surface area contributed by atoms with Gasteiger partial charge in [-0.3, -0.25) is 9.78 Å². The topological polar surface area (TPSA) is 33.2 Å². The summed E-state index contributed by atoms with van der Waals surface area (Å²) in [4.78, 5) is 20.0. The molecule has 0 N–H and O–H groups in total. The maximum atomic E-state index is 12.6. The second-order valence-electron chi connectivity index (χ2n) is 4.62. The van der Waals surface area contributed by atoms with Crippen molar-refractivity contribution in [3.8, 4) is 0 Å². The number of hydrogen-bond acceptors (Lipinski definition) is 3. The standard InChI is InChI=1S/C14H13BrN2OS/c1-9-12-3-5-19-13(12)2-4-17(9)14(18)10-6-11(15)8-16-7-10/h3,5-9H,2,4H2,1H3/t9-/m1/s1. The summed E-state index contributed by atoms with van der Waals surface area (Å²) < 4.78 is 0.833. The maximum absolute atomic E-state index is 12.6. The lowest BCUT2D eigenvalue weighted by Crippen LogP contribution is -2.38. The summed E-state index contributed by atoms with van der Waals surface area (Å²) in [5.74, 6) is 0.0538. The monoisotopic (exact) mass is 336 g/mol. The van der Waals surface area contributed by atoms with Crippen LogP contribution in [0.25, 0.3) is 0 Å². The first-order chi connectivity index (χ1) is 9.16. The van der Waals surface area contributed by atoms with Crippen molar-refractivity contribution in [1.82, 2.24) is 9.88 Å². The zero-order valence-corrected chi connectivity index (χ0v) is 12.9. The average Bonchev–Trinajstić information content (AvgIpc) is 2.88. The lowest BCUT2D eigenvalue weighted by atomic mass is 10.0. The van der Waals surface area contributed by atoms with E-state index in [0.717, 1.165) is 17.4 Å². The van der Waals surface area contributed by atoms with Gasteiger partial charge in [-0.05, 0) is 52.4 Å². The highest BCUT2D eigenvalue weighted by Gasteiger charge is 2.29. The summed E-state index contributed by atoms with van der Waals surface area (Å²) in [7, 11) is 0. The van der Waals surface area contributed by atoms with Crippen molar-refractivity contribution in [3.63, 3.8) is 0 Å². The summed E-state index contributed by atoms with van der Waals surface area (Å²) >= 11 is 5.14. The molecule has 2 aromatic heterocycles. The van der Waals surface area contributed by atoms with Gasteiger partial charge in [-0.25, -0.2) is 0 Å². The molecule has 0 unspecified atom stereocenters. The number of hydrogen-bond donors (Lipinski definition) is 0. The number of thiophene rings is 1. The largest absolute Gasteiger partial charge is 0.331 e. The van der Waals surface area contributed by atoms with Crippen LogP contribution in [0.1, 0.15) is 33.8 Å². The molecule has 3 nitrogen and oxygen atoms in total. The summed E-state index contributed by atoms with van der Waals surface area (Å²) in [6, 6.07) is 4.09. The van der Waals surface area contributed by atoms with E-state index in [4.69, 9.17) is 0 Å². The predicted octanol–water partition coefficient (Wildman–Crippen LogP) is 3.67. The second kappa shape index (κ2) is 5.06. The third-order valence-electron chi connectivity index (χ3n) is 3.49. The number of fused-ring (bicyclic) bond motifs is 1. The number of amides is 1. The third kappa shape index (κ3) is 2.32. The van der Waals surface area contributed by atoms with Crippen molar-refractivity contribution < 1.29 is 4.79 Å².